The van der Waals surface area contributed by atoms with Gasteiger partial charge >= 0.3 is 0 Å². The van der Waals surface area contributed by atoms with Gasteiger partial charge in [0.1, 0.15) is 17.2 Å². The van der Waals surface area contributed by atoms with Crippen LogP contribution in [0.15, 0.2) is 76.6 Å². The first kappa shape index (κ1) is 23.4. The molecule has 1 fully saturated rings. The summed E-state index contributed by atoms with van der Waals surface area (Å²) in [6, 6.07) is 15.4. The van der Waals surface area contributed by atoms with E-state index in [2.05, 4.69) is 5.32 Å². The standard InChI is InChI=1S/C26H23F2N3O3S/c1-31-13-17(7-10-23(31)32)22-11-18-14-35-25(29-24(33)16-5-3-2-4-6-16)30-26(18,15-34-22)20-9-8-19(27)12-21(20)28/h2-10,12-13,18,22H,11,14-15H2,1H3,(H,29,30,33)/t18-,22+,26-/m0/s1. The molecule has 35 heavy (non-hydrogen) atoms. The van der Waals surface area contributed by atoms with Crippen molar-refractivity contribution < 1.29 is 18.3 Å². The molecule has 6 nitrogen and oxygen atoms in total. The fraction of sp³-hybridized carbons (Fsp3) is 0.269. The Morgan fingerprint density at radius 2 is 1.97 bits per heavy atom. The highest BCUT2D eigenvalue weighted by Gasteiger charge is 2.50. The summed E-state index contributed by atoms with van der Waals surface area (Å²) in [4.78, 5) is 29.4. The fourth-order valence-corrected chi connectivity index (χ4v) is 5.81. The number of hydrogen-bond donors (Lipinski definition) is 1. The maximum atomic E-state index is 15.1. The highest BCUT2D eigenvalue weighted by Crippen LogP contribution is 2.49. The molecule has 0 spiro atoms. The number of carbonyl (C=O) groups is 1. The van der Waals surface area contributed by atoms with Crippen LogP contribution in [0.25, 0.3) is 0 Å². The third kappa shape index (κ3) is 4.53. The quantitative estimate of drug-likeness (QED) is 0.592. The van der Waals surface area contributed by atoms with Crippen molar-refractivity contribution in [3.05, 3.63) is 106 Å². The van der Waals surface area contributed by atoms with Gasteiger partial charge in [0, 0.05) is 48.2 Å². The molecule has 3 heterocycles. The van der Waals surface area contributed by atoms with Gasteiger partial charge in [-0.3, -0.25) is 9.59 Å². The van der Waals surface area contributed by atoms with E-state index in [9.17, 15) is 14.0 Å². The first-order valence-corrected chi connectivity index (χ1v) is 12.2. The Morgan fingerprint density at radius 3 is 2.71 bits per heavy atom. The van der Waals surface area contributed by atoms with Crippen LogP contribution >= 0.6 is 11.8 Å². The van der Waals surface area contributed by atoms with Gasteiger partial charge in [-0.2, -0.15) is 0 Å². The topological polar surface area (TPSA) is 72.7 Å². The molecule has 0 aliphatic carbocycles. The van der Waals surface area contributed by atoms with Gasteiger partial charge in [-0.05, 0) is 36.2 Å². The molecule has 0 unspecified atom stereocenters. The smallest absolute Gasteiger partial charge is 0.257 e. The van der Waals surface area contributed by atoms with Gasteiger partial charge in [0.25, 0.3) is 5.91 Å². The molecule has 0 radical (unpaired) electrons. The summed E-state index contributed by atoms with van der Waals surface area (Å²) < 4.78 is 36.5. The molecule has 9 heteroatoms. The number of amidine groups is 1. The number of thioether (sulfide) groups is 1. The zero-order valence-electron chi connectivity index (χ0n) is 18.9. The van der Waals surface area contributed by atoms with Crippen molar-refractivity contribution in [2.24, 2.45) is 18.0 Å². The second-order valence-corrected chi connectivity index (χ2v) is 9.75. The zero-order valence-corrected chi connectivity index (χ0v) is 19.7. The number of aryl methyl sites for hydroxylation is 1. The molecule has 3 aromatic rings. The second-order valence-electron chi connectivity index (χ2n) is 8.74. The van der Waals surface area contributed by atoms with E-state index in [1.165, 1.54) is 34.5 Å². The molecule has 0 bridgehead atoms. The first-order chi connectivity index (χ1) is 16.9. The number of rotatable bonds is 3. The number of halogens is 2. The van der Waals surface area contributed by atoms with Crippen molar-refractivity contribution in [1.82, 2.24) is 9.88 Å². The van der Waals surface area contributed by atoms with E-state index in [-0.39, 0.29) is 35.7 Å². The molecule has 1 amide bonds. The number of ether oxygens (including phenoxy) is 1. The number of fused-ring (bicyclic) bond motifs is 1. The lowest BCUT2D eigenvalue weighted by Gasteiger charge is -2.46. The predicted octanol–water partition coefficient (Wildman–Crippen LogP) is 4.17. The van der Waals surface area contributed by atoms with Gasteiger partial charge in [-0.15, -0.1) is 0 Å². The van der Waals surface area contributed by atoms with Gasteiger partial charge in [0.15, 0.2) is 5.17 Å². The third-order valence-corrected chi connectivity index (χ3v) is 7.57. The number of pyridine rings is 1. The molecule has 1 aromatic heterocycles. The van der Waals surface area contributed by atoms with E-state index in [1.807, 2.05) is 6.07 Å². The molecule has 3 atom stereocenters. The van der Waals surface area contributed by atoms with Crippen LogP contribution in [0.1, 0.15) is 34.0 Å². The summed E-state index contributed by atoms with van der Waals surface area (Å²) in [6.45, 7) is 0.0407. The molecular formula is C26H23F2N3O3S. The van der Waals surface area contributed by atoms with Crippen LogP contribution in [0.3, 0.4) is 0 Å². The Morgan fingerprint density at radius 1 is 1.17 bits per heavy atom. The summed E-state index contributed by atoms with van der Waals surface area (Å²) in [7, 11) is 1.68. The molecule has 0 saturated carbocycles. The number of aliphatic imine (C=N–C) groups is 1. The van der Waals surface area contributed by atoms with Crippen LogP contribution in [0, 0.1) is 17.6 Å². The monoisotopic (exact) mass is 495 g/mol. The summed E-state index contributed by atoms with van der Waals surface area (Å²) in [6.07, 6.45) is 1.95. The van der Waals surface area contributed by atoms with Crippen LogP contribution in [0.4, 0.5) is 8.78 Å². The summed E-state index contributed by atoms with van der Waals surface area (Å²) in [5.74, 6) is -1.30. The van der Waals surface area contributed by atoms with Crippen LogP contribution in [0.5, 0.6) is 0 Å². The lowest BCUT2D eigenvalue weighted by molar-refractivity contribution is -0.0591. The van der Waals surface area contributed by atoms with Gasteiger partial charge in [0.2, 0.25) is 5.56 Å². The zero-order chi connectivity index (χ0) is 24.6. The number of nitrogens with zero attached hydrogens (tertiary/aromatic N) is 2. The fourth-order valence-electron chi connectivity index (χ4n) is 4.65. The van der Waals surface area contributed by atoms with Crippen molar-refractivity contribution in [1.29, 1.82) is 0 Å². The van der Waals surface area contributed by atoms with Crippen molar-refractivity contribution in [3.8, 4) is 0 Å². The van der Waals surface area contributed by atoms with Crippen LogP contribution in [0.2, 0.25) is 0 Å². The lowest BCUT2D eigenvalue weighted by Crippen LogP contribution is -2.49. The Kier molecular flexibility index (Phi) is 6.29. The summed E-state index contributed by atoms with van der Waals surface area (Å²) in [5.41, 5.74) is 0.310. The summed E-state index contributed by atoms with van der Waals surface area (Å²) in [5, 5.41) is 3.20. The van der Waals surface area contributed by atoms with E-state index in [0.717, 1.165) is 11.6 Å². The Balaban J connectivity index is 1.50. The second kappa shape index (κ2) is 9.39. The first-order valence-electron chi connectivity index (χ1n) is 11.2. The van der Waals surface area contributed by atoms with Crippen LogP contribution in [-0.4, -0.2) is 28.0 Å². The largest absolute Gasteiger partial charge is 0.371 e. The van der Waals surface area contributed by atoms with Crippen molar-refractivity contribution in [3.63, 3.8) is 0 Å². The number of hydrogen-bond acceptors (Lipinski definition) is 5. The number of amides is 1. The Bertz CT molecular complexity index is 1360. The van der Waals surface area contributed by atoms with Crippen molar-refractivity contribution in [2.75, 3.05) is 12.4 Å². The molecule has 2 aromatic carbocycles. The van der Waals surface area contributed by atoms with Crippen molar-refractivity contribution in [2.45, 2.75) is 18.1 Å². The lowest BCUT2D eigenvalue weighted by atomic mass is 9.74. The van der Waals surface area contributed by atoms with Crippen LogP contribution < -0.4 is 10.9 Å². The average Bonchev–Trinajstić information content (AvgIpc) is 2.85. The minimum absolute atomic E-state index is 0.0407. The number of aromatic nitrogens is 1. The highest BCUT2D eigenvalue weighted by molar-refractivity contribution is 8.13. The minimum Gasteiger partial charge on any atom is -0.371 e. The summed E-state index contributed by atoms with van der Waals surface area (Å²) >= 11 is 1.39. The molecular weight excluding hydrogens is 472 g/mol. The highest BCUT2D eigenvalue weighted by atomic mass is 32.2. The molecule has 2 aliphatic heterocycles. The molecule has 1 N–H and O–H groups in total. The third-order valence-electron chi connectivity index (χ3n) is 6.54. The normalized spacial score (nSPS) is 23.8. The van der Waals surface area contributed by atoms with Gasteiger partial charge in [0.05, 0.1) is 12.7 Å². The van der Waals surface area contributed by atoms with Gasteiger partial charge in [-0.1, -0.05) is 36.0 Å². The van der Waals surface area contributed by atoms with E-state index in [1.54, 1.807) is 43.6 Å². The Labute approximate surface area is 205 Å². The molecule has 180 valence electrons. The Hall–Kier alpha value is -3.30. The van der Waals surface area contributed by atoms with Gasteiger partial charge in [-0.25, -0.2) is 13.8 Å². The van der Waals surface area contributed by atoms with E-state index >= 15 is 4.39 Å². The molecule has 2 aliphatic rings. The number of nitrogens with one attached hydrogen (secondary N) is 1. The maximum absolute atomic E-state index is 15.1. The SMILES string of the molecule is Cn1cc([C@H]2C[C@H]3CSC(NC(=O)c4ccccc4)=N[C@@]3(c3ccc(F)cc3F)CO2)ccc1=O. The van der Waals surface area contributed by atoms with Crippen molar-refractivity contribution >= 4 is 22.8 Å². The minimum atomic E-state index is -1.13. The van der Waals surface area contributed by atoms with Gasteiger partial charge < -0.3 is 14.6 Å². The van der Waals surface area contributed by atoms with Crippen LogP contribution in [-0.2, 0) is 17.3 Å². The number of benzene rings is 2. The van der Waals surface area contributed by atoms with E-state index < -0.39 is 17.2 Å². The average molecular weight is 496 g/mol. The number of carbonyl (C=O) groups excluding carboxylic acids is 1. The maximum Gasteiger partial charge on any atom is 0.257 e. The predicted molar refractivity (Wildman–Crippen MR) is 130 cm³/mol. The van der Waals surface area contributed by atoms with E-state index in [4.69, 9.17) is 9.73 Å². The molecule has 5 rings (SSSR count). The molecule has 1 saturated heterocycles. The van der Waals surface area contributed by atoms with E-state index in [0.29, 0.717) is 22.9 Å².